The number of methoxy groups -OCH3 is 1. The average molecular weight is 311 g/mol. The molecule has 0 aliphatic carbocycles. The summed E-state index contributed by atoms with van der Waals surface area (Å²) in [6.07, 6.45) is -4.53. The standard InChI is InChI=1S/C12H14ClF3N2O2/c1-20-5-4-17-11(19)7-18-8-2-3-10(13)9(6-8)12(14,15)16/h2-3,6,18H,4-5,7H2,1H3,(H,17,19). The van der Waals surface area contributed by atoms with Gasteiger partial charge in [0.2, 0.25) is 5.91 Å². The van der Waals surface area contributed by atoms with Crippen LogP contribution < -0.4 is 10.6 Å². The van der Waals surface area contributed by atoms with Gasteiger partial charge >= 0.3 is 6.18 Å². The van der Waals surface area contributed by atoms with Gasteiger partial charge in [0, 0.05) is 19.3 Å². The number of hydrogen-bond donors (Lipinski definition) is 2. The molecular weight excluding hydrogens is 297 g/mol. The van der Waals surface area contributed by atoms with Gasteiger partial charge in [-0.25, -0.2) is 0 Å². The number of benzene rings is 1. The zero-order valence-electron chi connectivity index (χ0n) is 10.7. The molecule has 112 valence electrons. The molecule has 2 N–H and O–H groups in total. The lowest BCUT2D eigenvalue weighted by Gasteiger charge is -2.12. The highest BCUT2D eigenvalue weighted by atomic mass is 35.5. The maximum absolute atomic E-state index is 12.6. The van der Waals surface area contributed by atoms with Crippen molar-refractivity contribution >= 4 is 23.2 Å². The van der Waals surface area contributed by atoms with Gasteiger partial charge in [0.15, 0.2) is 0 Å². The summed E-state index contributed by atoms with van der Waals surface area (Å²) >= 11 is 5.49. The van der Waals surface area contributed by atoms with Gasteiger partial charge in [-0.1, -0.05) is 11.6 Å². The molecular formula is C12H14ClF3N2O2. The van der Waals surface area contributed by atoms with Crippen molar-refractivity contribution < 1.29 is 22.7 Å². The minimum absolute atomic E-state index is 0.136. The molecule has 1 amide bonds. The normalized spacial score (nSPS) is 11.2. The van der Waals surface area contributed by atoms with Gasteiger partial charge in [0.1, 0.15) is 0 Å². The smallest absolute Gasteiger partial charge is 0.383 e. The molecule has 0 radical (unpaired) electrons. The highest BCUT2D eigenvalue weighted by Crippen LogP contribution is 2.36. The molecule has 0 unspecified atom stereocenters. The molecule has 0 aliphatic rings. The average Bonchev–Trinajstić information content (AvgIpc) is 2.36. The first-order chi connectivity index (χ1) is 9.34. The fraction of sp³-hybridized carbons (Fsp3) is 0.417. The predicted molar refractivity (Wildman–Crippen MR) is 69.8 cm³/mol. The molecule has 0 aromatic heterocycles. The number of carbonyl (C=O) groups is 1. The Balaban J connectivity index is 2.59. The minimum Gasteiger partial charge on any atom is -0.383 e. The van der Waals surface area contributed by atoms with E-state index < -0.39 is 11.7 Å². The molecule has 0 spiro atoms. The van der Waals surface area contributed by atoms with Gasteiger partial charge < -0.3 is 15.4 Å². The number of carbonyl (C=O) groups excluding carboxylic acids is 1. The molecule has 20 heavy (non-hydrogen) atoms. The van der Waals surface area contributed by atoms with Crippen molar-refractivity contribution in [3.05, 3.63) is 28.8 Å². The van der Waals surface area contributed by atoms with E-state index in [-0.39, 0.29) is 23.2 Å². The molecule has 0 aliphatic heterocycles. The van der Waals surface area contributed by atoms with Crippen LogP contribution in [0.25, 0.3) is 0 Å². The molecule has 1 rings (SSSR count). The third-order valence-corrected chi connectivity index (χ3v) is 2.68. The number of ether oxygens (including phenoxy) is 1. The topological polar surface area (TPSA) is 50.4 Å². The van der Waals surface area contributed by atoms with Crippen molar-refractivity contribution in [3.63, 3.8) is 0 Å². The number of anilines is 1. The Kier molecular flexibility index (Phi) is 6.09. The van der Waals surface area contributed by atoms with Crippen LogP contribution in [0.2, 0.25) is 5.02 Å². The van der Waals surface area contributed by atoms with E-state index in [1.165, 1.54) is 13.2 Å². The van der Waals surface area contributed by atoms with Crippen LogP contribution in [0, 0.1) is 0 Å². The maximum atomic E-state index is 12.6. The highest BCUT2D eigenvalue weighted by Gasteiger charge is 2.33. The summed E-state index contributed by atoms with van der Waals surface area (Å²) in [5, 5.41) is 4.75. The fourth-order valence-electron chi connectivity index (χ4n) is 1.39. The minimum atomic E-state index is -4.53. The first-order valence-corrected chi connectivity index (χ1v) is 6.08. The van der Waals surface area contributed by atoms with E-state index in [1.807, 2.05) is 0 Å². The first-order valence-electron chi connectivity index (χ1n) is 5.71. The molecule has 0 fully saturated rings. The summed E-state index contributed by atoms with van der Waals surface area (Å²) in [6.45, 7) is 0.568. The second-order valence-electron chi connectivity index (χ2n) is 3.89. The van der Waals surface area contributed by atoms with Gasteiger partial charge in [0.25, 0.3) is 0 Å². The van der Waals surface area contributed by atoms with Crippen molar-refractivity contribution in [3.8, 4) is 0 Å². The molecule has 0 saturated carbocycles. The third kappa shape index (κ3) is 5.26. The molecule has 8 heteroatoms. The van der Waals surface area contributed by atoms with Gasteiger partial charge in [-0.05, 0) is 18.2 Å². The Labute approximate surface area is 119 Å². The van der Waals surface area contributed by atoms with E-state index in [9.17, 15) is 18.0 Å². The van der Waals surface area contributed by atoms with Crippen molar-refractivity contribution in [1.29, 1.82) is 0 Å². The molecule has 1 aromatic rings. The van der Waals surface area contributed by atoms with E-state index in [1.54, 1.807) is 0 Å². The van der Waals surface area contributed by atoms with Gasteiger partial charge in [-0.15, -0.1) is 0 Å². The van der Waals surface area contributed by atoms with Crippen LogP contribution in [0.4, 0.5) is 18.9 Å². The van der Waals surface area contributed by atoms with E-state index >= 15 is 0 Å². The molecule has 0 saturated heterocycles. The molecule has 0 heterocycles. The van der Waals surface area contributed by atoms with Crippen molar-refractivity contribution in [1.82, 2.24) is 5.32 Å². The third-order valence-electron chi connectivity index (χ3n) is 2.35. The van der Waals surface area contributed by atoms with Crippen LogP contribution in [-0.2, 0) is 15.7 Å². The molecule has 1 aromatic carbocycles. The van der Waals surface area contributed by atoms with Crippen molar-refractivity contribution in [2.75, 3.05) is 32.1 Å². The van der Waals surface area contributed by atoms with Crippen LogP contribution in [0.3, 0.4) is 0 Å². The molecule has 4 nitrogen and oxygen atoms in total. The van der Waals surface area contributed by atoms with Gasteiger partial charge in [0.05, 0.1) is 23.7 Å². The summed E-state index contributed by atoms with van der Waals surface area (Å²) < 4.78 is 42.6. The Morgan fingerprint density at radius 2 is 2.10 bits per heavy atom. The zero-order valence-corrected chi connectivity index (χ0v) is 11.4. The van der Waals surface area contributed by atoms with Crippen LogP contribution in [0.5, 0.6) is 0 Å². The molecule has 0 bridgehead atoms. The van der Waals surface area contributed by atoms with Gasteiger partial charge in [-0.3, -0.25) is 4.79 Å². The Bertz CT molecular complexity index is 467. The van der Waals surface area contributed by atoms with E-state index in [2.05, 4.69) is 10.6 Å². The quantitative estimate of drug-likeness (QED) is 0.794. The lowest BCUT2D eigenvalue weighted by Crippen LogP contribution is -2.32. The second kappa shape index (κ2) is 7.35. The van der Waals surface area contributed by atoms with Crippen LogP contribution >= 0.6 is 11.6 Å². The second-order valence-corrected chi connectivity index (χ2v) is 4.30. The number of amides is 1. The maximum Gasteiger partial charge on any atom is 0.417 e. The van der Waals surface area contributed by atoms with E-state index in [0.717, 1.165) is 12.1 Å². The highest BCUT2D eigenvalue weighted by molar-refractivity contribution is 6.31. The van der Waals surface area contributed by atoms with Crippen molar-refractivity contribution in [2.45, 2.75) is 6.18 Å². The lowest BCUT2D eigenvalue weighted by atomic mass is 10.2. The number of alkyl halides is 3. The lowest BCUT2D eigenvalue weighted by molar-refractivity contribution is -0.137. The summed E-state index contributed by atoms with van der Waals surface area (Å²) in [7, 11) is 1.50. The Hall–Kier alpha value is -1.47. The monoisotopic (exact) mass is 310 g/mol. The Morgan fingerprint density at radius 3 is 2.70 bits per heavy atom. The zero-order chi connectivity index (χ0) is 15.2. The first kappa shape index (κ1) is 16.6. The summed E-state index contributed by atoms with van der Waals surface area (Å²) in [5.41, 5.74) is -0.771. The SMILES string of the molecule is COCCNC(=O)CNc1ccc(Cl)c(C(F)(F)F)c1. The fourth-order valence-corrected chi connectivity index (χ4v) is 1.61. The van der Waals surface area contributed by atoms with E-state index in [0.29, 0.717) is 13.2 Å². The van der Waals surface area contributed by atoms with E-state index in [4.69, 9.17) is 16.3 Å². The van der Waals surface area contributed by atoms with Crippen LogP contribution in [-0.4, -0.2) is 32.7 Å². The van der Waals surface area contributed by atoms with Crippen molar-refractivity contribution in [2.24, 2.45) is 0 Å². The predicted octanol–water partition coefficient (Wildman–Crippen LogP) is 2.53. The number of rotatable bonds is 6. The summed E-state index contributed by atoms with van der Waals surface area (Å²) in [6, 6.07) is 3.38. The molecule has 0 atom stereocenters. The largest absolute Gasteiger partial charge is 0.417 e. The van der Waals surface area contributed by atoms with Crippen LogP contribution in [0.1, 0.15) is 5.56 Å². The van der Waals surface area contributed by atoms with Crippen LogP contribution in [0.15, 0.2) is 18.2 Å². The summed E-state index contributed by atoms with van der Waals surface area (Å²) in [4.78, 5) is 11.4. The van der Waals surface area contributed by atoms with Gasteiger partial charge in [-0.2, -0.15) is 13.2 Å². The number of halogens is 4. The number of nitrogens with one attached hydrogen (secondary N) is 2. The Morgan fingerprint density at radius 1 is 1.40 bits per heavy atom. The summed E-state index contributed by atoms with van der Waals surface area (Å²) in [5.74, 6) is -0.342. The number of hydrogen-bond acceptors (Lipinski definition) is 3.